The molecule has 2 rings (SSSR count). The molecule has 6 nitrogen and oxygen atoms in total. The van der Waals surface area contributed by atoms with E-state index in [2.05, 4.69) is 36.5 Å². The van der Waals surface area contributed by atoms with Crippen molar-refractivity contribution in [3.8, 4) is 0 Å². The summed E-state index contributed by atoms with van der Waals surface area (Å²) in [7, 11) is 1.64. The fraction of sp³-hybridized carbons (Fsp3) is 0.353. The maximum absolute atomic E-state index is 12.2. The highest BCUT2D eigenvalue weighted by atomic mass is 79.9. The van der Waals surface area contributed by atoms with Crippen molar-refractivity contribution < 1.29 is 9.53 Å². The molecule has 1 aromatic carbocycles. The van der Waals surface area contributed by atoms with Crippen molar-refractivity contribution in [1.29, 1.82) is 0 Å². The van der Waals surface area contributed by atoms with Crippen LogP contribution in [0.15, 0.2) is 28.7 Å². The Morgan fingerprint density at radius 3 is 2.75 bits per heavy atom. The minimum Gasteiger partial charge on any atom is -0.385 e. The maximum Gasteiger partial charge on any atom is 0.270 e. The van der Waals surface area contributed by atoms with Crippen molar-refractivity contribution in [2.45, 2.75) is 20.3 Å². The normalized spacial score (nSPS) is 10.5. The molecule has 0 bridgehead atoms. The number of rotatable bonds is 7. The first-order valence-corrected chi connectivity index (χ1v) is 8.45. The van der Waals surface area contributed by atoms with Gasteiger partial charge >= 0.3 is 0 Å². The smallest absolute Gasteiger partial charge is 0.270 e. The van der Waals surface area contributed by atoms with Gasteiger partial charge < -0.3 is 15.4 Å². The Kier molecular flexibility index (Phi) is 6.69. The number of nitrogens with one attached hydrogen (secondary N) is 2. The van der Waals surface area contributed by atoms with E-state index in [4.69, 9.17) is 4.74 Å². The number of hydrogen-bond acceptors (Lipinski definition) is 5. The van der Waals surface area contributed by atoms with E-state index < -0.39 is 0 Å². The molecule has 0 saturated carbocycles. The van der Waals surface area contributed by atoms with Crippen molar-refractivity contribution in [1.82, 2.24) is 15.3 Å². The molecule has 2 N–H and O–H groups in total. The standard InChI is InChI=1S/C17H21BrN4O2/c1-11-9-13(18)5-6-14(11)21-17-20-12(2)10-15(22-17)16(23)19-7-4-8-24-3/h5-6,9-10H,4,7-8H2,1-3H3,(H,19,23)(H,20,21,22). The topological polar surface area (TPSA) is 76.1 Å². The second-order valence-corrected chi connectivity index (χ2v) is 6.32. The molecule has 0 aliphatic carbocycles. The van der Waals surface area contributed by atoms with Crippen LogP contribution in [-0.2, 0) is 4.74 Å². The van der Waals surface area contributed by atoms with Crippen LogP contribution in [0.5, 0.6) is 0 Å². The largest absolute Gasteiger partial charge is 0.385 e. The van der Waals surface area contributed by atoms with Gasteiger partial charge in [-0.25, -0.2) is 9.97 Å². The van der Waals surface area contributed by atoms with E-state index in [0.717, 1.165) is 27.8 Å². The maximum atomic E-state index is 12.2. The van der Waals surface area contributed by atoms with E-state index in [-0.39, 0.29) is 5.91 Å². The first kappa shape index (κ1) is 18.4. The molecule has 1 amide bonds. The predicted molar refractivity (Wildman–Crippen MR) is 97.8 cm³/mol. The Morgan fingerprint density at radius 2 is 2.04 bits per heavy atom. The number of amides is 1. The number of methoxy groups -OCH3 is 1. The lowest BCUT2D eigenvalue weighted by Gasteiger charge is -2.11. The van der Waals surface area contributed by atoms with Gasteiger partial charge in [0.05, 0.1) is 0 Å². The van der Waals surface area contributed by atoms with E-state index in [9.17, 15) is 4.79 Å². The Hall–Kier alpha value is -1.99. The number of carbonyl (C=O) groups excluding carboxylic acids is 1. The molecule has 0 atom stereocenters. The van der Waals surface area contributed by atoms with E-state index in [1.54, 1.807) is 13.2 Å². The highest BCUT2D eigenvalue weighted by Gasteiger charge is 2.11. The highest BCUT2D eigenvalue weighted by Crippen LogP contribution is 2.22. The van der Waals surface area contributed by atoms with Crippen LogP contribution in [0.4, 0.5) is 11.6 Å². The van der Waals surface area contributed by atoms with Gasteiger partial charge in [0, 0.05) is 36.1 Å². The summed E-state index contributed by atoms with van der Waals surface area (Å²) in [6, 6.07) is 7.55. The van der Waals surface area contributed by atoms with Gasteiger partial charge in [-0.05, 0) is 50.1 Å². The third-order valence-corrected chi connectivity index (χ3v) is 3.83. The summed E-state index contributed by atoms with van der Waals surface area (Å²) >= 11 is 3.44. The first-order valence-electron chi connectivity index (χ1n) is 7.65. The Labute approximate surface area is 150 Å². The molecule has 0 unspecified atom stereocenters. The molecule has 0 fully saturated rings. The molecule has 0 radical (unpaired) electrons. The average molecular weight is 393 g/mol. The lowest BCUT2D eigenvalue weighted by atomic mass is 10.2. The summed E-state index contributed by atoms with van der Waals surface area (Å²) < 4.78 is 5.97. The fourth-order valence-corrected chi connectivity index (χ4v) is 2.61. The summed E-state index contributed by atoms with van der Waals surface area (Å²) in [5.41, 5.74) is 3.02. The van der Waals surface area contributed by atoms with Gasteiger partial charge in [-0.3, -0.25) is 4.79 Å². The molecular formula is C17H21BrN4O2. The number of hydrogen-bond donors (Lipinski definition) is 2. The zero-order chi connectivity index (χ0) is 17.5. The lowest BCUT2D eigenvalue weighted by Crippen LogP contribution is -2.26. The molecule has 128 valence electrons. The number of carbonyl (C=O) groups is 1. The second-order valence-electron chi connectivity index (χ2n) is 5.40. The molecule has 1 aromatic heterocycles. The molecule has 2 aromatic rings. The van der Waals surface area contributed by atoms with Crippen LogP contribution in [0, 0.1) is 13.8 Å². The third kappa shape index (κ3) is 5.28. The number of aryl methyl sites for hydroxylation is 2. The van der Waals surface area contributed by atoms with Crippen LogP contribution in [0.25, 0.3) is 0 Å². The Morgan fingerprint density at radius 1 is 1.25 bits per heavy atom. The number of ether oxygens (including phenoxy) is 1. The van der Waals surface area contributed by atoms with Crippen LogP contribution in [-0.4, -0.2) is 36.1 Å². The fourth-order valence-electron chi connectivity index (χ4n) is 2.14. The minimum absolute atomic E-state index is 0.216. The molecule has 0 aliphatic heterocycles. The summed E-state index contributed by atoms with van der Waals surface area (Å²) in [6.07, 6.45) is 0.759. The Bertz CT molecular complexity index is 722. The summed E-state index contributed by atoms with van der Waals surface area (Å²) in [5, 5.41) is 6.00. The number of anilines is 2. The molecule has 7 heteroatoms. The van der Waals surface area contributed by atoms with Crippen LogP contribution >= 0.6 is 15.9 Å². The van der Waals surface area contributed by atoms with Crippen LogP contribution in [0.1, 0.15) is 28.2 Å². The zero-order valence-corrected chi connectivity index (χ0v) is 15.6. The number of benzene rings is 1. The van der Waals surface area contributed by atoms with Crippen LogP contribution < -0.4 is 10.6 Å². The predicted octanol–water partition coefficient (Wildman–Crippen LogP) is 3.37. The van der Waals surface area contributed by atoms with Gasteiger partial charge in [-0.2, -0.15) is 0 Å². The average Bonchev–Trinajstić information content (AvgIpc) is 2.53. The van der Waals surface area contributed by atoms with E-state index in [1.807, 2.05) is 32.0 Å². The SMILES string of the molecule is COCCCNC(=O)c1cc(C)nc(Nc2ccc(Br)cc2C)n1. The van der Waals surface area contributed by atoms with Gasteiger partial charge in [-0.1, -0.05) is 15.9 Å². The third-order valence-electron chi connectivity index (χ3n) is 3.33. The van der Waals surface area contributed by atoms with Crippen molar-refractivity contribution in [3.63, 3.8) is 0 Å². The van der Waals surface area contributed by atoms with E-state index in [0.29, 0.717) is 24.8 Å². The van der Waals surface area contributed by atoms with Gasteiger partial charge in [0.2, 0.25) is 5.95 Å². The van der Waals surface area contributed by atoms with Crippen molar-refractivity contribution >= 4 is 33.5 Å². The molecule has 1 heterocycles. The van der Waals surface area contributed by atoms with Gasteiger partial charge in [-0.15, -0.1) is 0 Å². The molecule has 0 saturated heterocycles. The van der Waals surface area contributed by atoms with Crippen molar-refractivity contribution in [2.24, 2.45) is 0 Å². The molecule has 24 heavy (non-hydrogen) atoms. The number of nitrogens with zero attached hydrogens (tertiary/aromatic N) is 2. The van der Waals surface area contributed by atoms with Crippen LogP contribution in [0.3, 0.4) is 0 Å². The first-order chi connectivity index (χ1) is 11.5. The molecular weight excluding hydrogens is 372 g/mol. The van der Waals surface area contributed by atoms with Gasteiger partial charge in [0.25, 0.3) is 5.91 Å². The monoisotopic (exact) mass is 392 g/mol. The van der Waals surface area contributed by atoms with Crippen molar-refractivity contribution in [3.05, 3.63) is 45.7 Å². The highest BCUT2D eigenvalue weighted by molar-refractivity contribution is 9.10. The molecule has 0 spiro atoms. The van der Waals surface area contributed by atoms with Gasteiger partial charge in [0.1, 0.15) is 5.69 Å². The van der Waals surface area contributed by atoms with Gasteiger partial charge in [0.15, 0.2) is 0 Å². The number of halogens is 1. The van der Waals surface area contributed by atoms with Crippen molar-refractivity contribution in [2.75, 3.05) is 25.6 Å². The van der Waals surface area contributed by atoms with E-state index in [1.165, 1.54) is 0 Å². The summed E-state index contributed by atoms with van der Waals surface area (Å²) in [6.45, 7) is 4.98. The molecule has 0 aliphatic rings. The summed E-state index contributed by atoms with van der Waals surface area (Å²) in [4.78, 5) is 20.9. The Balaban J connectivity index is 2.11. The van der Waals surface area contributed by atoms with Crippen LogP contribution in [0.2, 0.25) is 0 Å². The quantitative estimate of drug-likeness (QED) is 0.706. The zero-order valence-electron chi connectivity index (χ0n) is 14.0. The summed E-state index contributed by atoms with van der Waals surface area (Å²) in [5.74, 6) is 0.189. The lowest BCUT2D eigenvalue weighted by molar-refractivity contribution is 0.0943. The second kappa shape index (κ2) is 8.75. The number of aromatic nitrogens is 2. The minimum atomic E-state index is -0.216. The van der Waals surface area contributed by atoms with E-state index >= 15 is 0 Å².